The van der Waals surface area contributed by atoms with E-state index in [9.17, 15) is 0 Å². The van der Waals surface area contributed by atoms with Gasteiger partial charge in [-0.15, -0.1) is 11.3 Å². The second-order valence-electron chi connectivity index (χ2n) is 6.02. The van der Waals surface area contributed by atoms with Gasteiger partial charge in [-0.25, -0.2) is 4.98 Å². The Balaban J connectivity index is 1.71. The molecule has 22 heavy (non-hydrogen) atoms. The highest BCUT2D eigenvalue weighted by Gasteiger charge is 2.19. The molecule has 0 saturated carbocycles. The fourth-order valence-corrected chi connectivity index (χ4v) is 4.26. The van der Waals surface area contributed by atoms with Gasteiger partial charge in [0.15, 0.2) is 0 Å². The van der Waals surface area contributed by atoms with Crippen LogP contribution in [0.15, 0.2) is 34.2 Å². The first-order valence-corrected chi connectivity index (χ1v) is 9.44. The molecule has 2 aromatic rings. The summed E-state index contributed by atoms with van der Waals surface area (Å²) in [7, 11) is 0. The van der Waals surface area contributed by atoms with Crippen molar-refractivity contribution < 1.29 is 0 Å². The minimum absolute atomic E-state index is 0.764. The lowest BCUT2D eigenvalue weighted by Gasteiger charge is -2.25. The van der Waals surface area contributed by atoms with Gasteiger partial charge in [-0.1, -0.05) is 28.1 Å². The Morgan fingerprint density at radius 2 is 2.32 bits per heavy atom. The van der Waals surface area contributed by atoms with E-state index in [4.69, 9.17) is 0 Å². The van der Waals surface area contributed by atoms with E-state index in [2.05, 4.69) is 62.3 Å². The van der Waals surface area contributed by atoms with Crippen molar-refractivity contribution in [3.8, 4) is 0 Å². The molecule has 1 aliphatic heterocycles. The van der Waals surface area contributed by atoms with Crippen LogP contribution in [0.1, 0.15) is 22.6 Å². The predicted molar refractivity (Wildman–Crippen MR) is 96.1 cm³/mol. The first-order valence-electron chi connectivity index (χ1n) is 7.77. The molecular weight excluding hydrogens is 358 g/mol. The molecule has 1 atom stereocenters. The SMILES string of the molecule is Cc1ncsc1CN(Cc1cccc(Br)c1)CC1CCNC1. The van der Waals surface area contributed by atoms with Gasteiger partial charge in [0, 0.05) is 29.0 Å². The zero-order valence-corrected chi connectivity index (χ0v) is 15.3. The molecule has 1 saturated heterocycles. The van der Waals surface area contributed by atoms with Crippen LogP contribution in [0, 0.1) is 12.8 Å². The van der Waals surface area contributed by atoms with Gasteiger partial charge in [0.05, 0.1) is 11.2 Å². The summed E-state index contributed by atoms with van der Waals surface area (Å²) in [6, 6.07) is 8.64. The van der Waals surface area contributed by atoms with E-state index in [1.807, 2.05) is 5.51 Å². The zero-order valence-electron chi connectivity index (χ0n) is 12.9. The van der Waals surface area contributed by atoms with Crippen molar-refractivity contribution in [2.75, 3.05) is 19.6 Å². The van der Waals surface area contributed by atoms with Crippen molar-refractivity contribution in [1.82, 2.24) is 15.2 Å². The van der Waals surface area contributed by atoms with E-state index in [1.54, 1.807) is 11.3 Å². The van der Waals surface area contributed by atoms with E-state index < -0.39 is 0 Å². The maximum absolute atomic E-state index is 4.39. The Labute approximate surface area is 144 Å². The first kappa shape index (κ1) is 16.1. The van der Waals surface area contributed by atoms with E-state index in [-0.39, 0.29) is 0 Å². The molecule has 118 valence electrons. The van der Waals surface area contributed by atoms with Crippen LogP contribution in [0.5, 0.6) is 0 Å². The molecular formula is C17H22BrN3S. The Kier molecular flexibility index (Phi) is 5.63. The Bertz CT molecular complexity index is 607. The van der Waals surface area contributed by atoms with Crippen molar-refractivity contribution in [3.63, 3.8) is 0 Å². The lowest BCUT2D eigenvalue weighted by molar-refractivity contribution is 0.222. The third-order valence-electron chi connectivity index (χ3n) is 4.19. The summed E-state index contributed by atoms with van der Waals surface area (Å²) in [5, 5.41) is 3.48. The van der Waals surface area contributed by atoms with E-state index in [1.165, 1.54) is 22.6 Å². The summed E-state index contributed by atoms with van der Waals surface area (Å²) < 4.78 is 1.15. The minimum Gasteiger partial charge on any atom is -0.316 e. The number of benzene rings is 1. The summed E-state index contributed by atoms with van der Waals surface area (Å²) in [4.78, 5) is 8.35. The quantitative estimate of drug-likeness (QED) is 0.826. The highest BCUT2D eigenvalue weighted by atomic mass is 79.9. The van der Waals surface area contributed by atoms with Gasteiger partial charge >= 0.3 is 0 Å². The number of thiazole rings is 1. The van der Waals surface area contributed by atoms with Gasteiger partial charge in [0.25, 0.3) is 0 Å². The van der Waals surface area contributed by atoms with Crippen LogP contribution >= 0.6 is 27.3 Å². The van der Waals surface area contributed by atoms with Crippen LogP contribution in [-0.2, 0) is 13.1 Å². The molecule has 1 aromatic carbocycles. The molecule has 1 aromatic heterocycles. The topological polar surface area (TPSA) is 28.2 Å². The number of hydrogen-bond donors (Lipinski definition) is 1. The monoisotopic (exact) mass is 379 g/mol. The maximum Gasteiger partial charge on any atom is 0.0798 e. The molecule has 5 heteroatoms. The molecule has 1 N–H and O–H groups in total. The van der Waals surface area contributed by atoms with Gasteiger partial charge in [-0.3, -0.25) is 4.90 Å². The second kappa shape index (κ2) is 7.68. The fraction of sp³-hybridized carbons (Fsp3) is 0.471. The standard InChI is InChI=1S/C17H22BrN3S/c1-13-17(22-12-20-13)11-21(10-15-5-6-19-8-15)9-14-3-2-4-16(18)7-14/h2-4,7,12,15,19H,5-6,8-11H2,1H3. The Morgan fingerprint density at radius 3 is 3.00 bits per heavy atom. The van der Waals surface area contributed by atoms with Crippen molar-refractivity contribution in [3.05, 3.63) is 50.4 Å². The molecule has 0 bridgehead atoms. The highest BCUT2D eigenvalue weighted by molar-refractivity contribution is 9.10. The Hall–Kier alpha value is -0.750. The number of rotatable bonds is 6. The smallest absolute Gasteiger partial charge is 0.0798 e. The molecule has 1 aliphatic rings. The average molecular weight is 380 g/mol. The van der Waals surface area contributed by atoms with E-state index >= 15 is 0 Å². The van der Waals surface area contributed by atoms with E-state index in [0.717, 1.165) is 43.1 Å². The average Bonchev–Trinajstić information content (AvgIpc) is 3.12. The number of hydrogen-bond acceptors (Lipinski definition) is 4. The normalized spacial score (nSPS) is 18.2. The van der Waals surface area contributed by atoms with Crippen molar-refractivity contribution >= 4 is 27.3 Å². The number of nitrogens with one attached hydrogen (secondary N) is 1. The number of nitrogens with zero attached hydrogens (tertiary/aromatic N) is 2. The molecule has 1 fully saturated rings. The third-order valence-corrected chi connectivity index (χ3v) is 5.60. The molecule has 1 unspecified atom stereocenters. The second-order valence-corrected chi connectivity index (χ2v) is 7.87. The van der Waals surface area contributed by atoms with Gasteiger partial charge in [0.2, 0.25) is 0 Å². The van der Waals surface area contributed by atoms with Crippen molar-refractivity contribution in [2.24, 2.45) is 5.92 Å². The molecule has 0 aliphatic carbocycles. The molecule has 0 amide bonds. The highest BCUT2D eigenvalue weighted by Crippen LogP contribution is 2.21. The minimum atomic E-state index is 0.764. The largest absolute Gasteiger partial charge is 0.316 e. The van der Waals surface area contributed by atoms with Gasteiger partial charge in [-0.2, -0.15) is 0 Å². The summed E-state index contributed by atoms with van der Waals surface area (Å²) in [5.41, 5.74) is 4.50. The van der Waals surface area contributed by atoms with Gasteiger partial charge < -0.3 is 5.32 Å². The maximum atomic E-state index is 4.39. The number of aromatic nitrogens is 1. The van der Waals surface area contributed by atoms with Crippen LogP contribution < -0.4 is 5.32 Å². The fourth-order valence-electron chi connectivity index (χ4n) is 3.00. The molecule has 2 heterocycles. The Morgan fingerprint density at radius 1 is 1.41 bits per heavy atom. The van der Waals surface area contributed by atoms with Gasteiger partial charge in [-0.05, 0) is 50.0 Å². The lowest BCUT2D eigenvalue weighted by Crippen LogP contribution is -2.30. The van der Waals surface area contributed by atoms with Crippen LogP contribution in [0.25, 0.3) is 0 Å². The zero-order chi connectivity index (χ0) is 15.4. The number of halogens is 1. The van der Waals surface area contributed by atoms with Crippen molar-refractivity contribution in [2.45, 2.75) is 26.4 Å². The summed E-state index contributed by atoms with van der Waals surface area (Å²) >= 11 is 5.35. The lowest BCUT2D eigenvalue weighted by atomic mass is 10.1. The van der Waals surface area contributed by atoms with Crippen LogP contribution in [0.4, 0.5) is 0 Å². The van der Waals surface area contributed by atoms with E-state index in [0.29, 0.717) is 0 Å². The van der Waals surface area contributed by atoms with Crippen LogP contribution in [0.3, 0.4) is 0 Å². The molecule has 3 nitrogen and oxygen atoms in total. The summed E-state index contributed by atoms with van der Waals surface area (Å²) in [6.07, 6.45) is 1.29. The third kappa shape index (κ3) is 4.38. The predicted octanol–water partition coefficient (Wildman–Crippen LogP) is 3.83. The number of aryl methyl sites for hydroxylation is 1. The molecule has 0 radical (unpaired) electrons. The van der Waals surface area contributed by atoms with Crippen LogP contribution in [0.2, 0.25) is 0 Å². The molecule has 0 spiro atoms. The first-order chi connectivity index (χ1) is 10.7. The molecule has 3 rings (SSSR count). The van der Waals surface area contributed by atoms with Gasteiger partial charge in [0.1, 0.15) is 0 Å². The van der Waals surface area contributed by atoms with Crippen LogP contribution in [-0.4, -0.2) is 29.5 Å². The summed E-state index contributed by atoms with van der Waals surface area (Å²) in [6.45, 7) is 7.57. The van der Waals surface area contributed by atoms with Crippen molar-refractivity contribution in [1.29, 1.82) is 0 Å². The summed E-state index contributed by atoms with van der Waals surface area (Å²) in [5.74, 6) is 0.764.